The normalized spacial score (nSPS) is 24.0. The average Bonchev–Trinajstić information content (AvgIpc) is 3.62. The summed E-state index contributed by atoms with van der Waals surface area (Å²) in [6.45, 7) is 16.7. The van der Waals surface area contributed by atoms with Crippen molar-refractivity contribution < 1.29 is 23.4 Å². The minimum atomic E-state index is -0.457. The molecule has 2 aromatic heterocycles. The smallest absolute Gasteiger partial charge is 0.464 e. The maximum atomic E-state index is 6.94. The first-order chi connectivity index (χ1) is 20.2. The Labute approximate surface area is 262 Å². The van der Waals surface area contributed by atoms with Gasteiger partial charge in [-0.1, -0.05) is 29.8 Å². The molecule has 0 saturated carbocycles. The van der Waals surface area contributed by atoms with Crippen LogP contribution in [0.1, 0.15) is 77.6 Å². The zero-order valence-electron chi connectivity index (χ0n) is 26.0. The lowest BCUT2D eigenvalue weighted by atomic mass is 9.75. The van der Waals surface area contributed by atoms with E-state index < -0.39 is 36.6 Å². The van der Waals surface area contributed by atoms with Gasteiger partial charge in [0.05, 0.1) is 42.8 Å². The van der Waals surface area contributed by atoms with Crippen molar-refractivity contribution in [3.05, 3.63) is 62.8 Å². The van der Waals surface area contributed by atoms with E-state index in [-0.39, 0.29) is 6.23 Å². The van der Waals surface area contributed by atoms with Crippen molar-refractivity contribution in [1.29, 1.82) is 0 Å². The summed E-state index contributed by atoms with van der Waals surface area (Å²) in [7, 11) is -0.878. The van der Waals surface area contributed by atoms with Gasteiger partial charge in [-0.25, -0.2) is 0 Å². The molecule has 8 rings (SSSR count). The number of fused-ring (bicyclic) bond motifs is 3. The van der Waals surface area contributed by atoms with E-state index in [4.69, 9.17) is 35.0 Å². The van der Waals surface area contributed by atoms with Crippen molar-refractivity contribution in [2.24, 2.45) is 0 Å². The van der Waals surface area contributed by atoms with Crippen LogP contribution in [-0.2, 0) is 31.5 Å². The highest BCUT2D eigenvalue weighted by atomic mass is 35.5. The highest BCUT2D eigenvalue weighted by Gasteiger charge is 2.53. The highest BCUT2D eigenvalue weighted by molar-refractivity contribution is 7.16. The summed E-state index contributed by atoms with van der Waals surface area (Å²) in [6.07, 6.45) is 1.47. The van der Waals surface area contributed by atoms with Crippen LogP contribution in [0, 0.1) is 0 Å². The number of benzene rings is 2. The quantitative estimate of drug-likeness (QED) is 0.241. The van der Waals surface area contributed by atoms with Crippen LogP contribution < -0.4 is 15.7 Å². The molecule has 2 saturated heterocycles. The molecule has 0 unspecified atom stereocenters. The molecule has 1 atom stereocenters. The van der Waals surface area contributed by atoms with Crippen LogP contribution in [0.25, 0.3) is 22.2 Å². The third kappa shape index (κ3) is 4.01. The Hall–Kier alpha value is -2.26. The molecule has 10 heteroatoms. The first-order valence-electron chi connectivity index (χ1n) is 15.1. The van der Waals surface area contributed by atoms with E-state index in [9.17, 15) is 0 Å². The monoisotopic (exact) mass is 615 g/mol. The molecule has 0 N–H and O–H groups in total. The van der Waals surface area contributed by atoms with Gasteiger partial charge in [0.25, 0.3) is 0 Å². The number of hydrogen-bond donors (Lipinski definition) is 0. The molecule has 222 valence electrons. The van der Waals surface area contributed by atoms with Gasteiger partial charge in [-0.15, -0.1) is 11.3 Å². The predicted molar refractivity (Wildman–Crippen MR) is 174 cm³/mol. The third-order valence-electron chi connectivity index (χ3n) is 10.6. The Bertz CT molecular complexity index is 1790. The molecule has 3 aliphatic heterocycles. The van der Waals surface area contributed by atoms with E-state index >= 15 is 0 Å². The fraction of sp³-hybridized carbons (Fsp3) is 0.455. The van der Waals surface area contributed by atoms with Crippen LogP contribution in [0.4, 0.5) is 0 Å². The van der Waals surface area contributed by atoms with Gasteiger partial charge in [0.15, 0.2) is 0 Å². The summed E-state index contributed by atoms with van der Waals surface area (Å²) in [5.41, 5.74) is 6.49. The van der Waals surface area contributed by atoms with Crippen LogP contribution >= 0.6 is 22.9 Å². The highest BCUT2D eigenvalue weighted by Crippen LogP contribution is 2.51. The molecule has 4 aliphatic rings. The van der Waals surface area contributed by atoms with Crippen molar-refractivity contribution in [3.8, 4) is 17.0 Å². The molecule has 2 aromatic carbocycles. The van der Waals surface area contributed by atoms with E-state index in [1.165, 1.54) is 22.2 Å². The molecule has 0 spiro atoms. The van der Waals surface area contributed by atoms with Crippen molar-refractivity contribution in [1.82, 2.24) is 4.57 Å². The summed E-state index contributed by atoms with van der Waals surface area (Å²) in [5, 5.41) is 1.21. The summed E-state index contributed by atoms with van der Waals surface area (Å²) < 4.78 is 35.8. The topological polar surface area (TPSA) is 51.1 Å². The molecule has 0 amide bonds. The summed E-state index contributed by atoms with van der Waals surface area (Å²) in [4.78, 5) is 1.05. The third-order valence-corrected chi connectivity index (χ3v) is 11.8. The number of nitrogens with zero attached hydrogens (tertiary/aromatic N) is 1. The summed E-state index contributed by atoms with van der Waals surface area (Å²) >= 11 is 8.02. The minimum Gasteiger partial charge on any atom is -0.464 e. The maximum Gasteiger partial charge on any atom is 0.494 e. The van der Waals surface area contributed by atoms with Gasteiger partial charge in [0, 0.05) is 10.9 Å². The number of rotatable bonds is 3. The molecule has 6 nitrogen and oxygen atoms in total. The lowest BCUT2D eigenvalue weighted by molar-refractivity contribution is 0.00578. The summed E-state index contributed by atoms with van der Waals surface area (Å²) in [5.74, 6) is 0.860. The lowest BCUT2D eigenvalue weighted by Crippen LogP contribution is -2.41. The molecule has 1 aliphatic carbocycles. The predicted octanol–water partition coefficient (Wildman–Crippen LogP) is 6.66. The second-order valence-electron chi connectivity index (χ2n) is 14.3. The molecule has 2 fully saturated rings. The Morgan fingerprint density at radius 3 is 2.00 bits per heavy atom. The standard InChI is InChI=1S/C33H36B2ClNO5S/c1-30(2)31(3,4)40-34(39-30)19-10-12-23-22(16-19)21-11-9-18-15-20(35-41-32(5,6)33(7,8)42-35)17-24-27(18)28(21)37(23)29(38-24)25-13-14-26(36)43-25/h10,12-17,29H,9,11H2,1-8H3/t29-/m1/s1. The fourth-order valence-corrected chi connectivity index (χ4v) is 7.82. The SMILES string of the molecule is CC1(C)OB(c2cc3c4c(c2)O[C@H](c2ccc(Cl)s2)n2c-4c(c4cc(B5OC(C)(C)C(C)(C)O5)ccc42)CC3)OC1(C)C. The van der Waals surface area contributed by atoms with Crippen molar-refractivity contribution in [3.63, 3.8) is 0 Å². The van der Waals surface area contributed by atoms with Gasteiger partial charge in [-0.2, -0.15) is 0 Å². The van der Waals surface area contributed by atoms with Gasteiger partial charge < -0.3 is 23.4 Å². The van der Waals surface area contributed by atoms with Gasteiger partial charge >= 0.3 is 14.2 Å². The largest absolute Gasteiger partial charge is 0.494 e. The number of halogens is 1. The number of aromatic nitrogens is 1. The zero-order chi connectivity index (χ0) is 30.3. The number of thiophene rings is 1. The molecule has 4 aromatic rings. The zero-order valence-corrected chi connectivity index (χ0v) is 27.5. The molecule has 0 radical (unpaired) electrons. The van der Waals surface area contributed by atoms with Crippen LogP contribution in [0.5, 0.6) is 5.75 Å². The van der Waals surface area contributed by atoms with E-state index in [1.54, 1.807) is 11.3 Å². The summed E-state index contributed by atoms with van der Waals surface area (Å²) in [6, 6.07) is 15.0. The Morgan fingerprint density at radius 1 is 0.767 bits per heavy atom. The number of hydrogen-bond acceptors (Lipinski definition) is 6. The minimum absolute atomic E-state index is 0.349. The average molecular weight is 616 g/mol. The van der Waals surface area contributed by atoms with Crippen molar-refractivity contribution in [2.75, 3.05) is 0 Å². The van der Waals surface area contributed by atoms with E-state index in [1.807, 2.05) is 6.07 Å². The number of aryl methyl sites for hydroxylation is 2. The van der Waals surface area contributed by atoms with Gasteiger partial charge in [-0.3, -0.25) is 4.57 Å². The Balaban J connectivity index is 1.30. The number of ether oxygens (including phenoxy) is 1. The van der Waals surface area contributed by atoms with Crippen molar-refractivity contribution in [2.45, 2.75) is 96.9 Å². The van der Waals surface area contributed by atoms with Crippen LogP contribution in [0.15, 0.2) is 42.5 Å². The molecular formula is C33H36B2ClNO5S. The molecule has 43 heavy (non-hydrogen) atoms. The molecule has 5 heterocycles. The van der Waals surface area contributed by atoms with Crippen molar-refractivity contribution >= 4 is 59.0 Å². The second-order valence-corrected chi connectivity index (χ2v) is 16.1. The molecule has 0 bridgehead atoms. The Kier molecular flexibility index (Phi) is 5.86. The van der Waals surface area contributed by atoms with E-state index in [0.29, 0.717) is 0 Å². The maximum absolute atomic E-state index is 6.94. The van der Waals surface area contributed by atoms with Crippen LogP contribution in [-0.4, -0.2) is 41.2 Å². The molecular weight excluding hydrogens is 580 g/mol. The fourth-order valence-electron chi connectivity index (χ4n) is 6.74. The Morgan fingerprint density at radius 2 is 1.40 bits per heavy atom. The first-order valence-corrected chi connectivity index (χ1v) is 16.3. The lowest BCUT2D eigenvalue weighted by Gasteiger charge is -2.33. The van der Waals surface area contributed by atoms with Crippen LogP contribution in [0.3, 0.4) is 0 Å². The van der Waals surface area contributed by atoms with E-state index in [2.05, 4.69) is 96.4 Å². The first kappa shape index (κ1) is 28.2. The van der Waals surface area contributed by atoms with Crippen LogP contribution in [0.2, 0.25) is 4.34 Å². The van der Waals surface area contributed by atoms with E-state index in [0.717, 1.165) is 49.8 Å². The van der Waals surface area contributed by atoms with Gasteiger partial charge in [-0.05, 0) is 115 Å². The van der Waals surface area contributed by atoms with Gasteiger partial charge in [0.1, 0.15) is 5.75 Å². The van der Waals surface area contributed by atoms with Gasteiger partial charge in [0.2, 0.25) is 6.23 Å². The second kappa shape index (κ2) is 8.93.